The molecule has 2 aromatic heterocycles. The summed E-state index contributed by atoms with van der Waals surface area (Å²) in [5, 5.41) is 28.0. The highest BCUT2D eigenvalue weighted by Crippen LogP contribution is 2.40. The van der Waals surface area contributed by atoms with Gasteiger partial charge in [-0.3, -0.25) is 4.79 Å². The molecule has 0 atom stereocenters. The molecule has 0 saturated heterocycles. The predicted octanol–water partition coefficient (Wildman–Crippen LogP) is 3.18. The second kappa shape index (κ2) is 17.9. The summed E-state index contributed by atoms with van der Waals surface area (Å²) in [7, 11) is -2.84. The Balaban J connectivity index is 0.000000164. The van der Waals surface area contributed by atoms with Crippen LogP contribution in [0.25, 0.3) is 0 Å². The van der Waals surface area contributed by atoms with Gasteiger partial charge in [0.15, 0.2) is 9.79 Å². The highest BCUT2D eigenvalue weighted by atomic mass is 32.2. The normalized spacial score (nSPS) is 14.6. The van der Waals surface area contributed by atoms with Gasteiger partial charge in [-0.2, -0.15) is 0 Å². The van der Waals surface area contributed by atoms with Gasteiger partial charge in [0.05, 0.1) is 34.9 Å². The number of ether oxygens (including phenoxy) is 5. The molecule has 3 N–H and O–H groups in total. The molecule has 0 spiro atoms. The topological polar surface area (TPSA) is 245 Å². The molecule has 0 unspecified atom stereocenters. The van der Waals surface area contributed by atoms with Crippen molar-refractivity contribution in [3.05, 3.63) is 74.3 Å². The first-order valence-electron chi connectivity index (χ1n) is 18.7. The number of methoxy groups -OCH3 is 4. The lowest BCUT2D eigenvalue weighted by molar-refractivity contribution is -0.118. The van der Waals surface area contributed by atoms with Crippen LogP contribution in [0.15, 0.2) is 34.1 Å². The van der Waals surface area contributed by atoms with Crippen molar-refractivity contribution < 1.29 is 45.3 Å². The van der Waals surface area contributed by atoms with Crippen molar-refractivity contribution in [2.24, 2.45) is 5.14 Å². The summed E-state index contributed by atoms with van der Waals surface area (Å²) < 4.78 is 74.4. The van der Waals surface area contributed by atoms with Crippen LogP contribution < -0.4 is 33.5 Å². The van der Waals surface area contributed by atoms with Crippen LogP contribution in [-0.2, 0) is 82.6 Å². The zero-order valence-corrected chi connectivity index (χ0v) is 34.3. The number of carbonyl (C=O) groups is 1. The molecule has 308 valence electrons. The largest absolute Gasteiger partial charge is 0.480 e. The van der Waals surface area contributed by atoms with Crippen molar-refractivity contribution in [2.45, 2.75) is 93.3 Å². The van der Waals surface area contributed by atoms with Gasteiger partial charge in [0.2, 0.25) is 27.7 Å². The Kier molecular flexibility index (Phi) is 13.0. The second-order valence-electron chi connectivity index (χ2n) is 14.0. The first-order chi connectivity index (χ1) is 27.8. The monoisotopic (exact) mass is 835 g/mol. The zero-order valence-electron chi connectivity index (χ0n) is 32.7. The van der Waals surface area contributed by atoms with Crippen molar-refractivity contribution in [1.82, 2.24) is 25.1 Å². The van der Waals surface area contributed by atoms with Crippen LogP contribution in [0.5, 0.6) is 29.3 Å². The number of nitrogens with two attached hydrogens (primary N) is 1. The molecular formula is C39H45N7O10S2. The second-order valence-corrected chi connectivity index (χ2v) is 17.2. The van der Waals surface area contributed by atoms with Crippen LogP contribution in [0.2, 0.25) is 0 Å². The van der Waals surface area contributed by atoms with Gasteiger partial charge in [-0.05, 0) is 127 Å². The SMILES string of the molecule is COc1cc(S(=O)(=O)NC(=O)Cc2c3c(cc4c2CCC4)CCC3)c(OC)nn1.COc1cc(S(N)(=O)=O)c(OC)nn1.N#COc1c2c(cc3c1CCC3)CCC2. The number of nitriles is 1. The number of hydrogen-bond acceptors (Lipinski definition) is 15. The van der Waals surface area contributed by atoms with Crippen molar-refractivity contribution in [3.63, 3.8) is 0 Å². The Hall–Kier alpha value is -5.58. The molecule has 2 heterocycles. The minimum atomic E-state index is -4.19. The number of rotatable bonds is 10. The average Bonchev–Trinajstić information content (AvgIpc) is 4.05. The van der Waals surface area contributed by atoms with Gasteiger partial charge in [-0.15, -0.1) is 25.7 Å². The molecule has 19 heteroatoms. The number of hydrogen-bond donors (Lipinski definition) is 2. The minimum Gasteiger partial charge on any atom is -0.480 e. The number of carbonyl (C=O) groups excluding carboxylic acids is 1. The Morgan fingerprint density at radius 1 is 0.655 bits per heavy atom. The number of nitrogens with zero attached hydrogens (tertiary/aromatic N) is 5. The van der Waals surface area contributed by atoms with Crippen molar-refractivity contribution in [1.29, 1.82) is 5.26 Å². The lowest BCUT2D eigenvalue weighted by atomic mass is 9.92. The molecule has 58 heavy (non-hydrogen) atoms. The molecule has 8 rings (SSSR count). The Labute approximate surface area is 337 Å². The van der Waals surface area contributed by atoms with E-state index >= 15 is 0 Å². The predicted molar refractivity (Wildman–Crippen MR) is 208 cm³/mol. The summed E-state index contributed by atoms with van der Waals surface area (Å²) in [6.07, 6.45) is 14.9. The van der Waals surface area contributed by atoms with E-state index in [4.69, 9.17) is 29.3 Å². The average molecular weight is 836 g/mol. The van der Waals surface area contributed by atoms with Gasteiger partial charge in [-0.25, -0.2) is 26.7 Å². The van der Waals surface area contributed by atoms with Crippen LogP contribution in [0.3, 0.4) is 0 Å². The smallest absolute Gasteiger partial charge is 0.292 e. The first kappa shape index (κ1) is 42.0. The van der Waals surface area contributed by atoms with Crippen LogP contribution in [-0.4, -0.2) is 71.6 Å². The summed E-state index contributed by atoms with van der Waals surface area (Å²) in [4.78, 5) is 12.2. The lowest BCUT2D eigenvalue weighted by Crippen LogP contribution is -2.32. The van der Waals surface area contributed by atoms with Crippen LogP contribution in [0.4, 0.5) is 0 Å². The summed E-state index contributed by atoms with van der Waals surface area (Å²) in [5.41, 5.74) is 11.5. The van der Waals surface area contributed by atoms with Gasteiger partial charge < -0.3 is 23.7 Å². The van der Waals surface area contributed by atoms with E-state index < -0.39 is 26.0 Å². The molecule has 0 aliphatic heterocycles. The summed E-state index contributed by atoms with van der Waals surface area (Å²) >= 11 is 0. The van der Waals surface area contributed by atoms with E-state index in [2.05, 4.69) is 42.0 Å². The highest BCUT2D eigenvalue weighted by Gasteiger charge is 2.29. The zero-order chi connectivity index (χ0) is 41.6. The van der Waals surface area contributed by atoms with Gasteiger partial charge >= 0.3 is 0 Å². The van der Waals surface area contributed by atoms with E-state index in [1.807, 2.05) is 6.26 Å². The van der Waals surface area contributed by atoms with E-state index in [0.29, 0.717) is 0 Å². The third kappa shape index (κ3) is 9.09. The molecule has 4 aliphatic rings. The van der Waals surface area contributed by atoms with Crippen molar-refractivity contribution in [3.8, 4) is 35.5 Å². The van der Waals surface area contributed by atoms with Gasteiger partial charge in [0, 0.05) is 12.1 Å². The lowest BCUT2D eigenvalue weighted by Gasteiger charge is -2.15. The van der Waals surface area contributed by atoms with Crippen molar-refractivity contribution in [2.75, 3.05) is 28.4 Å². The summed E-state index contributed by atoms with van der Waals surface area (Å²) in [5.74, 6) is 0.0327. The number of benzene rings is 2. The van der Waals surface area contributed by atoms with Crippen LogP contribution in [0.1, 0.15) is 75.8 Å². The van der Waals surface area contributed by atoms with Crippen LogP contribution >= 0.6 is 0 Å². The Morgan fingerprint density at radius 2 is 1.09 bits per heavy atom. The van der Waals surface area contributed by atoms with E-state index in [9.17, 15) is 21.6 Å². The molecule has 0 radical (unpaired) electrons. The Bertz CT molecular complexity index is 2420. The molecule has 2 aromatic carbocycles. The number of aryl methyl sites for hydroxylation is 4. The number of amides is 1. The fraction of sp³-hybridized carbons (Fsp3) is 0.436. The minimum absolute atomic E-state index is 0.0114. The summed E-state index contributed by atoms with van der Waals surface area (Å²) in [6.45, 7) is 0. The van der Waals surface area contributed by atoms with E-state index in [-0.39, 0.29) is 39.7 Å². The molecule has 0 saturated carbocycles. The maximum Gasteiger partial charge on any atom is 0.292 e. The van der Waals surface area contributed by atoms with E-state index in [0.717, 1.165) is 81.6 Å². The number of nitrogens with one attached hydrogen (secondary N) is 1. The van der Waals surface area contributed by atoms with Gasteiger partial charge in [0.25, 0.3) is 28.0 Å². The standard InChI is InChI=1S/C20H23N3O5S.C13H13NO.C6H9N3O4S/c1-27-19-11-17(20(28-2)22-21-19)29(25,26)23-18(24)10-16-14-7-3-5-12(14)9-13-6-4-8-15(13)16;14-8-15-13-11-5-1-3-9(11)7-10-4-2-6-12(10)13;1-12-5-3-4(14(7,10)11)6(13-2)9-8-5/h9,11H,3-8,10H2,1-2H3,(H,23,24);7H,1-6H2;3H,1-2H3,(H2,7,10,11). The first-order valence-corrected chi connectivity index (χ1v) is 21.7. The van der Waals surface area contributed by atoms with Gasteiger partial charge in [-0.1, -0.05) is 12.1 Å². The fourth-order valence-electron chi connectivity index (χ4n) is 8.05. The molecule has 17 nitrogen and oxygen atoms in total. The Morgan fingerprint density at radius 3 is 1.52 bits per heavy atom. The number of primary sulfonamides is 1. The third-order valence-electron chi connectivity index (χ3n) is 10.6. The molecular weight excluding hydrogens is 791 g/mol. The molecule has 4 aromatic rings. The maximum atomic E-state index is 12.8. The third-order valence-corrected chi connectivity index (χ3v) is 12.8. The molecule has 0 fully saturated rings. The van der Waals surface area contributed by atoms with Crippen LogP contribution in [0, 0.1) is 11.5 Å². The maximum absolute atomic E-state index is 12.8. The fourth-order valence-corrected chi connectivity index (χ4v) is 9.78. The summed E-state index contributed by atoms with van der Waals surface area (Å²) in [6, 6.07) is 6.94. The molecule has 0 bridgehead atoms. The van der Waals surface area contributed by atoms with Gasteiger partial charge in [0.1, 0.15) is 5.75 Å². The number of sulfonamides is 2. The highest BCUT2D eigenvalue weighted by molar-refractivity contribution is 7.90. The quantitative estimate of drug-likeness (QED) is 0.218. The number of aromatic nitrogens is 4. The van der Waals surface area contributed by atoms with E-state index in [1.165, 1.54) is 91.9 Å². The number of fused-ring (bicyclic) bond motifs is 4. The molecule has 4 aliphatic carbocycles. The molecule has 1 amide bonds. The van der Waals surface area contributed by atoms with Crippen molar-refractivity contribution >= 4 is 26.0 Å². The van der Waals surface area contributed by atoms with E-state index in [1.54, 1.807) is 0 Å².